The Hall–Kier alpha value is -1.09. The summed E-state index contributed by atoms with van der Waals surface area (Å²) in [5, 5.41) is 0. The van der Waals surface area contributed by atoms with Crippen LogP contribution in [0.15, 0.2) is 12.1 Å². The molecule has 3 heteroatoms. The Labute approximate surface area is 89.9 Å². The first-order valence-corrected chi connectivity index (χ1v) is 5.07. The zero-order valence-electron chi connectivity index (χ0n) is 9.63. The molecule has 0 radical (unpaired) electrons. The quantitative estimate of drug-likeness (QED) is 0.562. The number of halogens is 1. The number of rotatable bonds is 4. The zero-order valence-corrected chi connectivity index (χ0v) is 9.63. The molecule has 2 nitrogen and oxygen atoms in total. The van der Waals surface area contributed by atoms with Crippen molar-refractivity contribution in [3.05, 3.63) is 29.1 Å². The van der Waals surface area contributed by atoms with Gasteiger partial charge in [-0.15, -0.1) is 0 Å². The fourth-order valence-electron chi connectivity index (χ4n) is 1.10. The molecule has 0 aliphatic rings. The van der Waals surface area contributed by atoms with E-state index in [1.54, 1.807) is 13.0 Å². The molecule has 0 unspecified atom stereocenters. The van der Waals surface area contributed by atoms with Crippen LogP contribution in [0.5, 0.6) is 5.75 Å². The van der Waals surface area contributed by atoms with Gasteiger partial charge in [-0.2, -0.15) is 4.89 Å². The minimum atomic E-state index is -0.266. The van der Waals surface area contributed by atoms with E-state index in [1.807, 2.05) is 20.8 Å². The largest absolute Gasteiger partial charge is 0.337 e. The predicted molar refractivity (Wildman–Crippen MR) is 57.3 cm³/mol. The first-order valence-electron chi connectivity index (χ1n) is 5.07. The van der Waals surface area contributed by atoms with Gasteiger partial charge in [0.1, 0.15) is 5.82 Å². The molecule has 0 bridgehead atoms. The van der Waals surface area contributed by atoms with Crippen LogP contribution in [0.1, 0.15) is 25.0 Å². The van der Waals surface area contributed by atoms with Crippen molar-refractivity contribution < 1.29 is 14.2 Å². The fourth-order valence-corrected chi connectivity index (χ4v) is 1.10. The number of hydrogen-bond donors (Lipinski definition) is 0. The average molecular weight is 212 g/mol. The lowest BCUT2D eigenvalue weighted by molar-refractivity contribution is -0.214. The molecule has 0 heterocycles. The van der Waals surface area contributed by atoms with Crippen LogP contribution in [0.4, 0.5) is 4.39 Å². The Bertz CT molecular complexity index is 335. The van der Waals surface area contributed by atoms with Gasteiger partial charge < -0.3 is 4.89 Å². The predicted octanol–water partition coefficient (Wildman–Crippen LogP) is 3.41. The van der Waals surface area contributed by atoms with Crippen LogP contribution in [0, 0.1) is 25.6 Å². The smallest absolute Gasteiger partial charge is 0.171 e. The van der Waals surface area contributed by atoms with E-state index in [1.165, 1.54) is 6.07 Å². The molecule has 0 atom stereocenters. The molecule has 0 amide bonds. The number of benzene rings is 1. The molecule has 1 aromatic carbocycles. The normalized spacial score (nSPS) is 10.8. The highest BCUT2D eigenvalue weighted by Crippen LogP contribution is 2.22. The van der Waals surface area contributed by atoms with E-state index >= 15 is 0 Å². The lowest BCUT2D eigenvalue weighted by atomic mass is 10.1. The van der Waals surface area contributed by atoms with E-state index in [0.717, 1.165) is 5.56 Å². The molecule has 1 aromatic rings. The Morgan fingerprint density at radius 1 is 1.27 bits per heavy atom. The van der Waals surface area contributed by atoms with Crippen LogP contribution in [0.25, 0.3) is 0 Å². The van der Waals surface area contributed by atoms with Crippen molar-refractivity contribution in [2.24, 2.45) is 5.92 Å². The van der Waals surface area contributed by atoms with E-state index in [0.29, 0.717) is 23.8 Å². The molecular weight excluding hydrogens is 195 g/mol. The minimum absolute atomic E-state index is 0.266. The van der Waals surface area contributed by atoms with Gasteiger partial charge in [-0.1, -0.05) is 13.8 Å². The Kier molecular flexibility index (Phi) is 4.09. The summed E-state index contributed by atoms with van der Waals surface area (Å²) in [5.74, 6) is 0.575. The lowest BCUT2D eigenvalue weighted by Gasteiger charge is -2.10. The van der Waals surface area contributed by atoms with E-state index in [4.69, 9.17) is 9.78 Å². The first kappa shape index (κ1) is 12.0. The van der Waals surface area contributed by atoms with Crippen molar-refractivity contribution >= 4 is 0 Å². The molecule has 0 aliphatic heterocycles. The van der Waals surface area contributed by atoms with Gasteiger partial charge in [0.2, 0.25) is 0 Å². The molecule has 84 valence electrons. The fraction of sp³-hybridized carbons (Fsp3) is 0.500. The third-order valence-corrected chi connectivity index (χ3v) is 1.99. The van der Waals surface area contributed by atoms with Crippen molar-refractivity contribution in [2.75, 3.05) is 6.61 Å². The van der Waals surface area contributed by atoms with Gasteiger partial charge in [0.25, 0.3) is 0 Å². The summed E-state index contributed by atoms with van der Waals surface area (Å²) in [6.07, 6.45) is 0. The monoisotopic (exact) mass is 212 g/mol. The van der Waals surface area contributed by atoms with Crippen molar-refractivity contribution in [2.45, 2.75) is 27.7 Å². The molecule has 0 aliphatic carbocycles. The first-order chi connectivity index (χ1) is 7.00. The van der Waals surface area contributed by atoms with E-state index in [-0.39, 0.29) is 5.82 Å². The summed E-state index contributed by atoms with van der Waals surface area (Å²) in [4.78, 5) is 10.1. The van der Waals surface area contributed by atoms with Crippen LogP contribution >= 0.6 is 0 Å². The summed E-state index contributed by atoms with van der Waals surface area (Å²) in [7, 11) is 0. The minimum Gasteiger partial charge on any atom is -0.337 e. The zero-order chi connectivity index (χ0) is 11.4. The van der Waals surface area contributed by atoms with E-state index in [9.17, 15) is 4.39 Å². The summed E-state index contributed by atoms with van der Waals surface area (Å²) in [6, 6.07) is 3.24. The molecule has 0 saturated heterocycles. The van der Waals surface area contributed by atoms with Gasteiger partial charge in [0.15, 0.2) is 5.75 Å². The van der Waals surface area contributed by atoms with E-state index in [2.05, 4.69) is 0 Å². The maximum absolute atomic E-state index is 13.3. The summed E-state index contributed by atoms with van der Waals surface area (Å²) in [6.45, 7) is 8.02. The molecule has 15 heavy (non-hydrogen) atoms. The SMILES string of the molecule is Cc1cc(F)c(C)c(OOCC(C)C)c1. The van der Waals surface area contributed by atoms with Crippen molar-refractivity contribution in [1.82, 2.24) is 0 Å². The van der Waals surface area contributed by atoms with Gasteiger partial charge in [-0.05, 0) is 37.5 Å². The molecule has 0 spiro atoms. The summed E-state index contributed by atoms with van der Waals surface area (Å²) < 4.78 is 13.3. The van der Waals surface area contributed by atoms with Crippen LogP contribution in [-0.4, -0.2) is 6.61 Å². The lowest BCUT2D eigenvalue weighted by Crippen LogP contribution is -2.06. The molecule has 1 rings (SSSR count). The molecular formula is C12H17FO2. The molecule has 0 saturated carbocycles. The van der Waals surface area contributed by atoms with Gasteiger partial charge in [0.05, 0.1) is 6.61 Å². The number of aryl methyl sites for hydroxylation is 1. The van der Waals surface area contributed by atoms with Crippen LogP contribution in [0.2, 0.25) is 0 Å². The highest BCUT2D eigenvalue weighted by molar-refractivity contribution is 5.36. The number of hydrogen-bond acceptors (Lipinski definition) is 2. The van der Waals surface area contributed by atoms with Crippen LogP contribution in [0.3, 0.4) is 0 Å². The van der Waals surface area contributed by atoms with Crippen LogP contribution in [-0.2, 0) is 4.89 Å². The van der Waals surface area contributed by atoms with Gasteiger partial charge in [0, 0.05) is 5.56 Å². The molecule has 0 N–H and O–H groups in total. The Balaban J connectivity index is 2.68. The molecule has 0 fully saturated rings. The van der Waals surface area contributed by atoms with Gasteiger partial charge in [-0.3, -0.25) is 0 Å². The van der Waals surface area contributed by atoms with Crippen molar-refractivity contribution in [1.29, 1.82) is 0 Å². The summed E-state index contributed by atoms with van der Waals surface area (Å²) in [5.41, 5.74) is 1.30. The Morgan fingerprint density at radius 3 is 2.53 bits per heavy atom. The third kappa shape index (κ3) is 3.51. The Morgan fingerprint density at radius 2 is 1.93 bits per heavy atom. The van der Waals surface area contributed by atoms with Gasteiger partial charge >= 0.3 is 0 Å². The highest BCUT2D eigenvalue weighted by Gasteiger charge is 2.07. The maximum Gasteiger partial charge on any atom is 0.171 e. The average Bonchev–Trinajstić information content (AvgIpc) is 2.12. The second kappa shape index (κ2) is 5.12. The topological polar surface area (TPSA) is 18.5 Å². The second-order valence-corrected chi connectivity index (χ2v) is 4.13. The van der Waals surface area contributed by atoms with E-state index < -0.39 is 0 Å². The standard InChI is InChI=1S/C12H17FO2/c1-8(2)7-14-15-12-6-9(3)5-11(13)10(12)4/h5-6,8H,7H2,1-4H3. The second-order valence-electron chi connectivity index (χ2n) is 4.13. The van der Waals surface area contributed by atoms with Crippen molar-refractivity contribution in [3.8, 4) is 5.75 Å². The maximum atomic E-state index is 13.3. The van der Waals surface area contributed by atoms with Gasteiger partial charge in [-0.25, -0.2) is 4.39 Å². The highest BCUT2D eigenvalue weighted by atomic mass is 19.1. The van der Waals surface area contributed by atoms with Crippen LogP contribution < -0.4 is 4.89 Å². The third-order valence-electron chi connectivity index (χ3n) is 1.99. The summed E-state index contributed by atoms with van der Waals surface area (Å²) >= 11 is 0. The van der Waals surface area contributed by atoms with Crippen molar-refractivity contribution in [3.63, 3.8) is 0 Å². The molecule has 0 aromatic heterocycles.